The maximum absolute atomic E-state index is 5.47. The van der Waals surface area contributed by atoms with Gasteiger partial charge < -0.3 is 19.5 Å². The van der Waals surface area contributed by atoms with Crippen molar-refractivity contribution in [3.05, 3.63) is 0 Å². The van der Waals surface area contributed by atoms with Crippen molar-refractivity contribution in [1.29, 1.82) is 0 Å². The standard InChI is InChI=1S/C13H29NO3/c1-13(2,16-5)8-6-12(14-3)7-9-17-11-10-15-4/h12,14H,6-11H2,1-5H3. The maximum Gasteiger partial charge on any atom is 0.0700 e. The Bertz CT molecular complexity index is 174. The normalized spacial score (nSPS) is 13.9. The van der Waals surface area contributed by atoms with Crippen LogP contribution in [0.2, 0.25) is 0 Å². The minimum absolute atomic E-state index is 0.0357. The van der Waals surface area contributed by atoms with Gasteiger partial charge >= 0.3 is 0 Å². The van der Waals surface area contributed by atoms with Crippen molar-refractivity contribution < 1.29 is 14.2 Å². The lowest BCUT2D eigenvalue weighted by molar-refractivity contribution is 0.0103. The van der Waals surface area contributed by atoms with Crippen LogP contribution >= 0.6 is 0 Å². The first kappa shape index (κ1) is 16.8. The van der Waals surface area contributed by atoms with Crippen molar-refractivity contribution >= 4 is 0 Å². The molecule has 1 unspecified atom stereocenters. The van der Waals surface area contributed by atoms with E-state index >= 15 is 0 Å². The Morgan fingerprint density at radius 1 is 1.06 bits per heavy atom. The van der Waals surface area contributed by atoms with Crippen LogP contribution < -0.4 is 5.32 Å². The number of rotatable bonds is 11. The lowest BCUT2D eigenvalue weighted by Gasteiger charge is -2.25. The van der Waals surface area contributed by atoms with Gasteiger partial charge in [-0.3, -0.25) is 0 Å². The van der Waals surface area contributed by atoms with E-state index in [0.717, 1.165) is 25.9 Å². The molecule has 0 aromatic rings. The second-order valence-electron chi connectivity index (χ2n) is 4.88. The Kier molecular flexibility index (Phi) is 9.74. The Morgan fingerprint density at radius 3 is 2.29 bits per heavy atom. The van der Waals surface area contributed by atoms with Crippen LogP contribution in [-0.4, -0.2) is 52.7 Å². The van der Waals surface area contributed by atoms with Crippen molar-refractivity contribution in [2.45, 2.75) is 44.8 Å². The molecule has 0 amide bonds. The van der Waals surface area contributed by atoms with Crippen LogP contribution in [0.15, 0.2) is 0 Å². The summed E-state index contributed by atoms with van der Waals surface area (Å²) in [6.45, 7) is 6.36. The average molecular weight is 247 g/mol. The number of ether oxygens (including phenoxy) is 3. The summed E-state index contributed by atoms with van der Waals surface area (Å²) in [4.78, 5) is 0. The zero-order valence-corrected chi connectivity index (χ0v) is 12.0. The zero-order valence-electron chi connectivity index (χ0n) is 12.0. The lowest BCUT2D eigenvalue weighted by atomic mass is 9.97. The summed E-state index contributed by atoms with van der Waals surface area (Å²) in [6, 6.07) is 0.493. The highest BCUT2D eigenvalue weighted by Crippen LogP contribution is 2.17. The zero-order chi connectivity index (χ0) is 13.1. The predicted molar refractivity (Wildman–Crippen MR) is 70.5 cm³/mol. The first-order valence-electron chi connectivity index (χ1n) is 6.35. The first-order valence-corrected chi connectivity index (χ1v) is 6.35. The Morgan fingerprint density at radius 2 is 1.76 bits per heavy atom. The minimum Gasteiger partial charge on any atom is -0.382 e. The molecule has 0 saturated heterocycles. The van der Waals surface area contributed by atoms with Crippen LogP contribution in [0.3, 0.4) is 0 Å². The van der Waals surface area contributed by atoms with Gasteiger partial charge in [0.2, 0.25) is 0 Å². The van der Waals surface area contributed by atoms with Gasteiger partial charge in [-0.15, -0.1) is 0 Å². The molecule has 4 heteroatoms. The molecule has 0 aliphatic rings. The topological polar surface area (TPSA) is 39.7 Å². The molecular weight excluding hydrogens is 218 g/mol. The van der Waals surface area contributed by atoms with E-state index in [1.54, 1.807) is 14.2 Å². The van der Waals surface area contributed by atoms with Crippen LogP contribution in [-0.2, 0) is 14.2 Å². The second-order valence-corrected chi connectivity index (χ2v) is 4.88. The summed E-state index contributed by atoms with van der Waals surface area (Å²) in [5.41, 5.74) is -0.0357. The van der Waals surface area contributed by atoms with E-state index in [1.807, 2.05) is 7.05 Å². The minimum atomic E-state index is -0.0357. The molecule has 0 heterocycles. The van der Waals surface area contributed by atoms with Crippen molar-refractivity contribution in [2.75, 3.05) is 41.1 Å². The van der Waals surface area contributed by atoms with E-state index in [9.17, 15) is 0 Å². The SMILES string of the molecule is CNC(CCOCCOC)CCC(C)(C)OC. The van der Waals surface area contributed by atoms with Gasteiger partial charge in [-0.2, -0.15) is 0 Å². The Balaban J connectivity index is 3.62. The van der Waals surface area contributed by atoms with Crippen molar-refractivity contribution in [2.24, 2.45) is 0 Å². The summed E-state index contributed by atoms with van der Waals surface area (Å²) in [5, 5.41) is 3.32. The molecule has 0 spiro atoms. The van der Waals surface area contributed by atoms with Crippen LogP contribution in [0.5, 0.6) is 0 Å². The highest BCUT2D eigenvalue weighted by Gasteiger charge is 2.18. The van der Waals surface area contributed by atoms with Crippen molar-refractivity contribution in [3.63, 3.8) is 0 Å². The third-order valence-corrected chi connectivity index (χ3v) is 3.10. The van der Waals surface area contributed by atoms with E-state index in [0.29, 0.717) is 19.3 Å². The smallest absolute Gasteiger partial charge is 0.0700 e. The van der Waals surface area contributed by atoms with Gasteiger partial charge in [0.1, 0.15) is 0 Å². The summed E-state index contributed by atoms with van der Waals surface area (Å²) < 4.78 is 15.8. The Hall–Kier alpha value is -0.160. The number of nitrogens with one attached hydrogen (secondary N) is 1. The van der Waals surface area contributed by atoms with Gasteiger partial charge in [-0.25, -0.2) is 0 Å². The predicted octanol–water partition coefficient (Wildman–Crippen LogP) is 1.83. The van der Waals surface area contributed by atoms with Gasteiger partial charge in [0.25, 0.3) is 0 Å². The van der Waals surface area contributed by atoms with Crippen LogP contribution in [0.1, 0.15) is 33.1 Å². The van der Waals surface area contributed by atoms with E-state index in [1.165, 1.54) is 0 Å². The fourth-order valence-electron chi connectivity index (χ4n) is 1.53. The van der Waals surface area contributed by atoms with Crippen LogP contribution in [0.4, 0.5) is 0 Å². The monoisotopic (exact) mass is 247 g/mol. The molecule has 0 fully saturated rings. The molecule has 0 radical (unpaired) electrons. The van der Waals surface area contributed by atoms with Gasteiger partial charge in [0.05, 0.1) is 18.8 Å². The van der Waals surface area contributed by atoms with Gasteiger partial charge in [-0.05, 0) is 40.2 Å². The molecule has 0 aliphatic heterocycles. The van der Waals surface area contributed by atoms with E-state index < -0.39 is 0 Å². The number of methoxy groups -OCH3 is 2. The first-order chi connectivity index (χ1) is 8.05. The van der Waals surface area contributed by atoms with Gasteiger partial charge in [0.15, 0.2) is 0 Å². The molecule has 0 rings (SSSR count). The third-order valence-electron chi connectivity index (χ3n) is 3.10. The van der Waals surface area contributed by atoms with E-state index in [4.69, 9.17) is 14.2 Å². The average Bonchev–Trinajstić information content (AvgIpc) is 2.32. The van der Waals surface area contributed by atoms with Crippen LogP contribution in [0, 0.1) is 0 Å². The molecular formula is C13H29NO3. The molecule has 0 aromatic heterocycles. The summed E-state index contributed by atoms with van der Waals surface area (Å²) >= 11 is 0. The lowest BCUT2D eigenvalue weighted by Crippen LogP contribution is -2.31. The van der Waals surface area contributed by atoms with E-state index in [-0.39, 0.29) is 5.60 Å². The number of hydrogen-bond acceptors (Lipinski definition) is 4. The van der Waals surface area contributed by atoms with Gasteiger partial charge in [-0.1, -0.05) is 0 Å². The second kappa shape index (κ2) is 9.83. The maximum atomic E-state index is 5.47. The quantitative estimate of drug-likeness (QED) is 0.565. The molecule has 17 heavy (non-hydrogen) atoms. The van der Waals surface area contributed by atoms with Crippen LogP contribution in [0.25, 0.3) is 0 Å². The van der Waals surface area contributed by atoms with Crippen molar-refractivity contribution in [3.8, 4) is 0 Å². The fourth-order valence-corrected chi connectivity index (χ4v) is 1.53. The fraction of sp³-hybridized carbons (Fsp3) is 1.00. The molecule has 4 nitrogen and oxygen atoms in total. The molecule has 0 aromatic carbocycles. The molecule has 0 saturated carbocycles. The molecule has 1 atom stereocenters. The molecule has 0 aliphatic carbocycles. The number of hydrogen-bond donors (Lipinski definition) is 1. The highest BCUT2D eigenvalue weighted by molar-refractivity contribution is 4.73. The highest BCUT2D eigenvalue weighted by atomic mass is 16.5. The molecule has 0 bridgehead atoms. The third kappa shape index (κ3) is 9.53. The Labute approximate surface area is 106 Å². The van der Waals surface area contributed by atoms with E-state index in [2.05, 4.69) is 19.2 Å². The largest absolute Gasteiger partial charge is 0.382 e. The molecule has 1 N–H and O–H groups in total. The van der Waals surface area contributed by atoms with Gasteiger partial charge in [0, 0.05) is 26.9 Å². The summed E-state index contributed by atoms with van der Waals surface area (Å²) in [6.07, 6.45) is 3.18. The molecule has 104 valence electrons. The summed E-state index contributed by atoms with van der Waals surface area (Å²) in [5.74, 6) is 0. The van der Waals surface area contributed by atoms with Crippen molar-refractivity contribution in [1.82, 2.24) is 5.32 Å². The summed E-state index contributed by atoms with van der Waals surface area (Å²) in [7, 11) is 5.45.